The van der Waals surface area contributed by atoms with Gasteiger partial charge < -0.3 is 4.74 Å². The monoisotopic (exact) mass is 270 g/mol. The molecule has 0 aliphatic rings. The molecular weight excluding hydrogens is 251 g/mol. The fraction of sp³-hybridized carbons (Fsp3) is 1.00. The molecule has 0 saturated heterocycles. The van der Waals surface area contributed by atoms with E-state index in [1.165, 1.54) is 0 Å². The van der Waals surface area contributed by atoms with Crippen LogP contribution in [0.15, 0.2) is 0 Å². The van der Waals surface area contributed by atoms with E-state index in [1.54, 1.807) is 0 Å². The van der Waals surface area contributed by atoms with Crippen LogP contribution in [-0.4, -0.2) is 10.2 Å². The Kier molecular flexibility index (Phi) is 4.33. The van der Waals surface area contributed by atoms with Gasteiger partial charge in [-0.3, -0.25) is 0 Å². The van der Waals surface area contributed by atoms with Gasteiger partial charge in [-0.2, -0.15) is 0 Å². The van der Waals surface area contributed by atoms with Crippen molar-refractivity contribution in [2.75, 3.05) is 6.61 Å². The lowest BCUT2D eigenvalue weighted by Gasteiger charge is -2.22. The third-order valence-electron chi connectivity index (χ3n) is 1.30. The molecule has 1 nitrogen and oxygen atoms in total. The summed E-state index contributed by atoms with van der Waals surface area (Å²) in [4.78, 5) is 0. The maximum Gasteiger partial charge on any atom is 0.113 e. The van der Waals surface area contributed by atoms with E-state index in [1.807, 2.05) is 0 Å². The molecule has 0 amide bonds. The lowest BCUT2D eigenvalue weighted by atomic mass is 9.93. The van der Waals surface area contributed by atoms with Crippen molar-refractivity contribution in [3.05, 3.63) is 0 Å². The quantitative estimate of drug-likeness (QED) is 0.562. The zero-order valence-electron chi connectivity index (χ0n) is 8.20. The van der Waals surface area contributed by atoms with Crippen molar-refractivity contribution in [2.24, 2.45) is 5.41 Å². The number of hydrogen-bond acceptors (Lipinski definition) is 1. The second kappa shape index (κ2) is 4.08. The summed E-state index contributed by atoms with van der Waals surface area (Å²) in [6.07, 6.45) is 1.12. The fourth-order valence-electron chi connectivity index (χ4n) is 0.600. The Morgan fingerprint density at radius 3 is 1.82 bits per heavy atom. The van der Waals surface area contributed by atoms with Crippen LogP contribution in [0.4, 0.5) is 0 Å². The van der Waals surface area contributed by atoms with Gasteiger partial charge in [0.05, 0.1) is 0 Å². The number of halogens is 1. The maximum absolute atomic E-state index is 5.59. The van der Waals surface area contributed by atoms with Crippen molar-refractivity contribution >= 4 is 22.6 Å². The molecule has 0 rings (SSSR count). The lowest BCUT2D eigenvalue weighted by Crippen LogP contribution is -2.18. The first-order valence-corrected chi connectivity index (χ1v) is 5.11. The first-order valence-electron chi connectivity index (χ1n) is 4.04. The molecule has 0 saturated carbocycles. The highest BCUT2D eigenvalue weighted by Crippen LogP contribution is 2.23. The summed E-state index contributed by atoms with van der Waals surface area (Å²) in [5, 5.41) is 0. The SMILES string of the molecule is CC(C)(C)CCOC(C)(C)I. The molecule has 0 fully saturated rings. The van der Waals surface area contributed by atoms with E-state index < -0.39 is 0 Å². The highest BCUT2D eigenvalue weighted by atomic mass is 127. The fourth-order valence-corrected chi connectivity index (χ4v) is 0.820. The van der Waals surface area contributed by atoms with E-state index in [0.29, 0.717) is 5.41 Å². The Morgan fingerprint density at radius 1 is 1.09 bits per heavy atom. The van der Waals surface area contributed by atoms with Crippen molar-refractivity contribution < 1.29 is 4.74 Å². The smallest absolute Gasteiger partial charge is 0.113 e. The zero-order valence-corrected chi connectivity index (χ0v) is 10.4. The molecule has 0 atom stereocenters. The predicted molar refractivity (Wildman–Crippen MR) is 58.1 cm³/mol. The van der Waals surface area contributed by atoms with Crippen molar-refractivity contribution in [1.29, 1.82) is 0 Å². The molecule has 0 heterocycles. The minimum Gasteiger partial charge on any atom is -0.365 e. The van der Waals surface area contributed by atoms with Crippen molar-refractivity contribution in [1.82, 2.24) is 0 Å². The second-order valence-electron chi connectivity index (χ2n) is 4.52. The Bertz CT molecular complexity index is 93.7. The molecule has 0 radical (unpaired) electrons. The molecule has 2 heteroatoms. The van der Waals surface area contributed by atoms with Crippen LogP contribution in [-0.2, 0) is 4.74 Å². The summed E-state index contributed by atoms with van der Waals surface area (Å²) in [5.41, 5.74) is 0.391. The van der Waals surface area contributed by atoms with Crippen molar-refractivity contribution in [3.63, 3.8) is 0 Å². The molecule has 0 unspecified atom stereocenters. The van der Waals surface area contributed by atoms with E-state index in [-0.39, 0.29) is 3.61 Å². The zero-order chi connectivity index (χ0) is 9.12. The number of rotatable bonds is 3. The maximum atomic E-state index is 5.59. The molecule has 0 N–H and O–H groups in total. The highest BCUT2D eigenvalue weighted by Gasteiger charge is 2.15. The Morgan fingerprint density at radius 2 is 1.55 bits per heavy atom. The van der Waals surface area contributed by atoms with Gasteiger partial charge in [-0.05, 0) is 48.3 Å². The lowest BCUT2D eigenvalue weighted by molar-refractivity contribution is 0.0487. The van der Waals surface area contributed by atoms with Gasteiger partial charge in [0.25, 0.3) is 0 Å². The molecule has 0 bridgehead atoms. The predicted octanol–water partition coefficient (Wildman–Crippen LogP) is 3.61. The summed E-state index contributed by atoms with van der Waals surface area (Å²) >= 11 is 2.31. The number of ether oxygens (including phenoxy) is 1. The van der Waals surface area contributed by atoms with E-state index in [2.05, 4.69) is 57.2 Å². The van der Waals surface area contributed by atoms with E-state index in [4.69, 9.17) is 4.74 Å². The van der Waals surface area contributed by atoms with Crippen molar-refractivity contribution in [2.45, 2.75) is 44.6 Å². The van der Waals surface area contributed by atoms with Gasteiger partial charge in [0.15, 0.2) is 0 Å². The van der Waals surface area contributed by atoms with Crippen LogP contribution in [0.3, 0.4) is 0 Å². The topological polar surface area (TPSA) is 9.23 Å². The molecule has 0 aromatic rings. The standard InChI is InChI=1S/C9H19IO/c1-8(2,3)6-7-11-9(4,5)10/h6-7H2,1-5H3. The van der Waals surface area contributed by atoms with E-state index in [9.17, 15) is 0 Å². The molecule has 0 aromatic heterocycles. The normalized spacial score (nSPS) is 13.6. The molecular formula is C9H19IO. The molecule has 11 heavy (non-hydrogen) atoms. The summed E-state index contributed by atoms with van der Waals surface area (Å²) in [7, 11) is 0. The molecule has 0 aliphatic heterocycles. The minimum atomic E-state index is -0.0109. The summed E-state index contributed by atoms with van der Waals surface area (Å²) < 4.78 is 5.58. The van der Waals surface area contributed by atoms with Crippen LogP contribution in [0.5, 0.6) is 0 Å². The number of alkyl halides is 1. The van der Waals surface area contributed by atoms with Crippen LogP contribution >= 0.6 is 22.6 Å². The first-order chi connectivity index (χ1) is 4.71. The molecule has 68 valence electrons. The molecule has 0 aromatic carbocycles. The summed E-state index contributed by atoms with van der Waals surface area (Å²) in [5.74, 6) is 0. The molecule has 0 spiro atoms. The second-order valence-corrected chi connectivity index (χ2v) is 7.12. The van der Waals surface area contributed by atoms with Gasteiger partial charge in [-0.15, -0.1) is 0 Å². The average molecular weight is 270 g/mol. The average Bonchev–Trinajstić information content (AvgIpc) is 1.55. The van der Waals surface area contributed by atoms with Crippen LogP contribution in [0.1, 0.15) is 41.0 Å². The van der Waals surface area contributed by atoms with Gasteiger partial charge in [-0.1, -0.05) is 20.8 Å². The summed E-state index contributed by atoms with van der Waals surface area (Å²) in [6.45, 7) is 11.7. The molecule has 0 aliphatic carbocycles. The largest absolute Gasteiger partial charge is 0.365 e. The van der Waals surface area contributed by atoms with Crippen LogP contribution < -0.4 is 0 Å². The first kappa shape index (κ1) is 11.7. The van der Waals surface area contributed by atoms with Crippen molar-refractivity contribution in [3.8, 4) is 0 Å². The Hall–Kier alpha value is 0.690. The van der Waals surface area contributed by atoms with Gasteiger partial charge in [0.1, 0.15) is 3.61 Å². The van der Waals surface area contributed by atoms with Gasteiger partial charge in [-0.25, -0.2) is 0 Å². The van der Waals surface area contributed by atoms with Gasteiger partial charge in [0, 0.05) is 6.61 Å². The summed E-state index contributed by atoms with van der Waals surface area (Å²) in [6, 6.07) is 0. The van der Waals surface area contributed by atoms with Crippen LogP contribution in [0.25, 0.3) is 0 Å². The van der Waals surface area contributed by atoms with E-state index >= 15 is 0 Å². The highest BCUT2D eigenvalue weighted by molar-refractivity contribution is 14.1. The Labute approximate surface area is 84.0 Å². The third kappa shape index (κ3) is 10.7. The minimum absolute atomic E-state index is 0.0109. The third-order valence-corrected chi connectivity index (χ3v) is 1.61. The van der Waals surface area contributed by atoms with E-state index in [0.717, 1.165) is 13.0 Å². The van der Waals surface area contributed by atoms with Gasteiger partial charge in [0.2, 0.25) is 0 Å². The van der Waals surface area contributed by atoms with Crippen LogP contribution in [0, 0.1) is 5.41 Å². The Balaban J connectivity index is 3.44. The number of hydrogen-bond donors (Lipinski definition) is 0. The van der Waals surface area contributed by atoms with Crippen LogP contribution in [0.2, 0.25) is 0 Å². The van der Waals surface area contributed by atoms with Gasteiger partial charge >= 0.3 is 0 Å².